The van der Waals surface area contributed by atoms with Gasteiger partial charge in [0.2, 0.25) is 21.8 Å². The molecule has 1 saturated carbocycles. The van der Waals surface area contributed by atoms with Crippen LogP contribution < -0.4 is 0 Å². The molecule has 1 aromatic carbocycles. The molecule has 10 heteroatoms. The number of amides is 2. The van der Waals surface area contributed by atoms with E-state index >= 15 is 0 Å². The monoisotopic (exact) mass is 485 g/mol. The summed E-state index contributed by atoms with van der Waals surface area (Å²) in [5.41, 5.74) is 0.602. The van der Waals surface area contributed by atoms with Crippen LogP contribution in [0.1, 0.15) is 12.0 Å². The van der Waals surface area contributed by atoms with E-state index < -0.39 is 16.0 Å². The third kappa shape index (κ3) is 3.99. The van der Waals surface area contributed by atoms with Crippen LogP contribution in [0.4, 0.5) is 0 Å². The molecule has 34 heavy (non-hydrogen) atoms. The second-order valence-corrected chi connectivity index (χ2v) is 11.3. The quantitative estimate of drug-likeness (QED) is 0.347. The summed E-state index contributed by atoms with van der Waals surface area (Å²) in [4.78, 5) is 40.0. The van der Waals surface area contributed by atoms with Gasteiger partial charge in [-0.15, -0.1) is 0 Å². The third-order valence-electron chi connectivity index (χ3n) is 7.47. The number of piperazine rings is 1. The third-order valence-corrected chi connectivity index (χ3v) is 9.38. The van der Waals surface area contributed by atoms with Crippen molar-refractivity contribution in [2.24, 2.45) is 23.7 Å². The summed E-state index contributed by atoms with van der Waals surface area (Å²) < 4.78 is 27.4. The maximum atomic E-state index is 13.0. The predicted molar refractivity (Wildman–Crippen MR) is 123 cm³/mol. The van der Waals surface area contributed by atoms with Gasteiger partial charge in [0.1, 0.15) is 0 Å². The number of carbonyl (C=O) groups excluding carboxylic acids is 2. The van der Waals surface area contributed by atoms with Crippen LogP contribution in [0.5, 0.6) is 0 Å². The van der Waals surface area contributed by atoms with Crippen molar-refractivity contribution in [3.05, 3.63) is 48.1 Å². The van der Waals surface area contributed by atoms with E-state index in [1.165, 1.54) is 27.4 Å². The largest absolute Gasteiger partial charge is 0.478 e. The lowest BCUT2D eigenvalue weighted by Crippen LogP contribution is -2.50. The minimum absolute atomic E-state index is 0.0466. The average molecular weight is 486 g/mol. The summed E-state index contributed by atoms with van der Waals surface area (Å²) in [5.74, 6) is -1.13. The summed E-state index contributed by atoms with van der Waals surface area (Å²) in [5, 5.41) is 8.70. The molecule has 4 atom stereocenters. The highest BCUT2D eigenvalue weighted by Crippen LogP contribution is 2.52. The average Bonchev–Trinajstić information content (AvgIpc) is 3.51. The highest BCUT2D eigenvalue weighted by molar-refractivity contribution is 7.89. The standard InChI is InChI=1S/C24H27N3O6S/c28-20(29)8-3-16-1-6-19(7-2-16)34(32,33)26-12-9-25(10-13-26)11-14-27-23(30)21-17-4-5-18(15-17)22(21)24(27)31/h1-8,17-18,21-22H,9-15H2,(H,28,29)/b8-3+/t17-,18-,21+,22+/m0/s1. The smallest absolute Gasteiger partial charge is 0.328 e. The Morgan fingerprint density at radius 3 is 2.09 bits per heavy atom. The molecule has 0 aromatic heterocycles. The Hall–Kier alpha value is -2.82. The van der Waals surface area contributed by atoms with Gasteiger partial charge in [0, 0.05) is 45.3 Å². The number of fused-ring (bicyclic) bond motifs is 5. The van der Waals surface area contributed by atoms with E-state index in [4.69, 9.17) is 5.11 Å². The van der Waals surface area contributed by atoms with Gasteiger partial charge in [0.15, 0.2) is 0 Å². The van der Waals surface area contributed by atoms with Gasteiger partial charge in [-0.1, -0.05) is 24.3 Å². The molecule has 3 fully saturated rings. The van der Waals surface area contributed by atoms with Gasteiger partial charge in [-0.25, -0.2) is 13.2 Å². The SMILES string of the molecule is O=C(O)/C=C/c1ccc(S(=O)(=O)N2CCN(CCN3C(=O)[C@H]4[C@H](C3=O)[C@H]3C=C[C@H]4C3)CC2)cc1. The van der Waals surface area contributed by atoms with E-state index in [0.29, 0.717) is 44.8 Å². The van der Waals surface area contributed by atoms with Crippen molar-refractivity contribution in [1.29, 1.82) is 0 Å². The van der Waals surface area contributed by atoms with Gasteiger partial charge in [-0.3, -0.25) is 19.4 Å². The number of likely N-dealkylation sites (tertiary alicyclic amines) is 1. The lowest BCUT2D eigenvalue weighted by Gasteiger charge is -2.34. The molecule has 0 unspecified atom stereocenters. The van der Waals surface area contributed by atoms with E-state index in [1.807, 2.05) is 0 Å². The second kappa shape index (κ2) is 8.75. The second-order valence-electron chi connectivity index (χ2n) is 9.31. The summed E-state index contributed by atoms with van der Waals surface area (Å²) in [7, 11) is -3.66. The first-order valence-electron chi connectivity index (χ1n) is 11.5. The zero-order valence-electron chi connectivity index (χ0n) is 18.6. The first kappa shape index (κ1) is 22.9. The predicted octanol–water partition coefficient (Wildman–Crippen LogP) is 0.898. The normalized spacial score (nSPS) is 29.5. The van der Waals surface area contributed by atoms with E-state index in [1.54, 1.807) is 12.1 Å². The van der Waals surface area contributed by atoms with Gasteiger partial charge in [0.05, 0.1) is 16.7 Å². The number of carboxylic acids is 1. The van der Waals surface area contributed by atoms with E-state index in [0.717, 1.165) is 12.5 Å². The molecule has 4 aliphatic rings. The number of aliphatic carboxylic acids is 1. The molecule has 0 radical (unpaired) electrons. The lowest BCUT2D eigenvalue weighted by atomic mass is 9.85. The zero-order chi connectivity index (χ0) is 24.0. The molecular formula is C24H27N3O6S. The van der Waals surface area contributed by atoms with Crippen LogP contribution in [0.3, 0.4) is 0 Å². The summed E-state index contributed by atoms with van der Waals surface area (Å²) in [6.07, 6.45) is 7.49. The van der Waals surface area contributed by atoms with Crippen LogP contribution in [0.15, 0.2) is 47.4 Å². The van der Waals surface area contributed by atoms with Crippen molar-refractivity contribution in [3.63, 3.8) is 0 Å². The molecule has 2 heterocycles. The zero-order valence-corrected chi connectivity index (χ0v) is 19.4. The number of nitrogens with zero attached hydrogens (tertiary/aromatic N) is 3. The van der Waals surface area contributed by atoms with E-state index in [-0.39, 0.29) is 40.4 Å². The van der Waals surface area contributed by atoms with Crippen LogP contribution >= 0.6 is 0 Å². The van der Waals surface area contributed by atoms with Crippen molar-refractivity contribution in [2.75, 3.05) is 39.3 Å². The molecule has 5 rings (SSSR count). The van der Waals surface area contributed by atoms with Crippen LogP contribution in [-0.2, 0) is 24.4 Å². The fraction of sp³-hybridized carbons (Fsp3) is 0.458. The highest BCUT2D eigenvalue weighted by atomic mass is 32.2. The van der Waals surface area contributed by atoms with Gasteiger partial charge >= 0.3 is 5.97 Å². The van der Waals surface area contributed by atoms with Crippen molar-refractivity contribution in [2.45, 2.75) is 11.3 Å². The Morgan fingerprint density at radius 1 is 0.941 bits per heavy atom. The van der Waals surface area contributed by atoms with Crippen molar-refractivity contribution in [1.82, 2.24) is 14.1 Å². The number of hydrogen-bond acceptors (Lipinski definition) is 6. The molecule has 2 aliphatic heterocycles. The van der Waals surface area contributed by atoms with Gasteiger partial charge in [-0.2, -0.15) is 4.31 Å². The van der Waals surface area contributed by atoms with E-state index in [2.05, 4.69) is 17.1 Å². The first-order chi connectivity index (χ1) is 16.3. The molecular weight excluding hydrogens is 458 g/mol. The Balaban J connectivity index is 1.14. The number of allylic oxidation sites excluding steroid dienone is 2. The first-order valence-corrected chi connectivity index (χ1v) is 13.0. The lowest BCUT2D eigenvalue weighted by molar-refractivity contribution is -0.141. The number of carbonyl (C=O) groups is 3. The molecule has 2 aliphatic carbocycles. The molecule has 2 saturated heterocycles. The Morgan fingerprint density at radius 2 is 1.53 bits per heavy atom. The number of carboxylic acid groups (broad SMARTS) is 1. The maximum absolute atomic E-state index is 13.0. The van der Waals surface area contributed by atoms with Crippen molar-refractivity contribution in [3.8, 4) is 0 Å². The Labute approximate surface area is 198 Å². The summed E-state index contributed by atoms with van der Waals surface area (Å²) in [6, 6.07) is 6.10. The minimum atomic E-state index is -3.66. The number of imide groups is 1. The van der Waals surface area contributed by atoms with Crippen LogP contribution in [-0.4, -0.2) is 84.7 Å². The molecule has 180 valence electrons. The van der Waals surface area contributed by atoms with E-state index in [9.17, 15) is 22.8 Å². The van der Waals surface area contributed by atoms with Crippen LogP contribution in [0.2, 0.25) is 0 Å². The molecule has 9 nitrogen and oxygen atoms in total. The molecule has 0 spiro atoms. The minimum Gasteiger partial charge on any atom is -0.478 e. The van der Waals surface area contributed by atoms with Crippen molar-refractivity contribution < 1.29 is 27.9 Å². The number of sulfonamides is 1. The maximum Gasteiger partial charge on any atom is 0.328 e. The van der Waals surface area contributed by atoms with Gasteiger partial charge in [-0.05, 0) is 42.0 Å². The fourth-order valence-corrected chi connectivity index (χ4v) is 7.11. The number of hydrogen-bond donors (Lipinski definition) is 1. The molecule has 2 amide bonds. The highest BCUT2D eigenvalue weighted by Gasteiger charge is 2.59. The summed E-state index contributed by atoms with van der Waals surface area (Å²) in [6.45, 7) is 2.58. The summed E-state index contributed by atoms with van der Waals surface area (Å²) >= 11 is 0. The number of benzene rings is 1. The molecule has 1 N–H and O–H groups in total. The molecule has 2 bridgehead atoms. The van der Waals surface area contributed by atoms with Crippen LogP contribution in [0.25, 0.3) is 6.08 Å². The van der Waals surface area contributed by atoms with Gasteiger partial charge < -0.3 is 5.11 Å². The topological polar surface area (TPSA) is 115 Å². The Bertz CT molecular complexity index is 1140. The van der Waals surface area contributed by atoms with Crippen LogP contribution in [0, 0.1) is 23.7 Å². The fourth-order valence-electron chi connectivity index (χ4n) is 5.69. The Kier molecular flexibility index (Phi) is 5.91. The molecule has 1 aromatic rings. The van der Waals surface area contributed by atoms with Gasteiger partial charge in [0.25, 0.3) is 0 Å². The van der Waals surface area contributed by atoms with Crippen molar-refractivity contribution >= 4 is 33.9 Å². The number of rotatable bonds is 7.